The Morgan fingerprint density at radius 2 is 2.17 bits per heavy atom. The molecule has 0 bridgehead atoms. The minimum absolute atomic E-state index is 0.156. The van der Waals surface area contributed by atoms with Gasteiger partial charge in [-0.05, 0) is 19.1 Å². The second-order valence-electron chi connectivity index (χ2n) is 5.34. The van der Waals surface area contributed by atoms with E-state index >= 15 is 0 Å². The number of hydrogen-bond acceptors (Lipinski definition) is 5. The maximum absolute atomic E-state index is 11.9. The van der Waals surface area contributed by atoms with Gasteiger partial charge in [-0.25, -0.2) is 9.97 Å². The average molecular weight is 359 g/mol. The summed E-state index contributed by atoms with van der Waals surface area (Å²) in [5, 5.41) is 3.21. The maximum Gasteiger partial charge on any atom is 0.312 e. The van der Waals surface area contributed by atoms with Crippen LogP contribution in [-0.2, 0) is 22.6 Å². The quantitative estimate of drug-likeness (QED) is 0.499. The fraction of sp³-hybridized carbons (Fsp3) is 0.167. The SMILES string of the molecule is Cc1cccc(-c2nc(CC(=O)OCc3ccc(Cl)nc3)cs2)c1. The highest BCUT2D eigenvalue weighted by Gasteiger charge is 2.10. The molecule has 2 heterocycles. The lowest BCUT2D eigenvalue weighted by Crippen LogP contribution is -2.08. The van der Waals surface area contributed by atoms with Gasteiger partial charge in [0.15, 0.2) is 0 Å². The number of nitrogens with zero attached hydrogens (tertiary/aromatic N) is 2. The predicted octanol–water partition coefficient (Wildman–Crippen LogP) is 4.45. The first-order chi connectivity index (χ1) is 11.6. The smallest absolute Gasteiger partial charge is 0.312 e. The van der Waals surface area contributed by atoms with E-state index in [-0.39, 0.29) is 19.0 Å². The van der Waals surface area contributed by atoms with Crippen molar-refractivity contribution in [1.29, 1.82) is 0 Å². The van der Waals surface area contributed by atoms with Crippen molar-refractivity contribution in [3.63, 3.8) is 0 Å². The van der Waals surface area contributed by atoms with E-state index in [1.165, 1.54) is 16.9 Å². The van der Waals surface area contributed by atoms with Gasteiger partial charge in [0.2, 0.25) is 0 Å². The Labute approximate surface area is 149 Å². The zero-order valence-electron chi connectivity index (χ0n) is 13.0. The average Bonchev–Trinajstić information content (AvgIpc) is 3.03. The molecule has 4 nitrogen and oxygen atoms in total. The number of aromatic nitrogens is 2. The van der Waals surface area contributed by atoms with E-state index in [9.17, 15) is 4.79 Å². The van der Waals surface area contributed by atoms with Gasteiger partial charge in [0.05, 0.1) is 12.1 Å². The number of aryl methyl sites for hydroxylation is 1. The summed E-state index contributed by atoms with van der Waals surface area (Å²) in [6.07, 6.45) is 1.75. The van der Waals surface area contributed by atoms with Crippen molar-refractivity contribution in [1.82, 2.24) is 9.97 Å². The second kappa shape index (κ2) is 7.55. The lowest BCUT2D eigenvalue weighted by molar-refractivity contribution is -0.144. The van der Waals surface area contributed by atoms with Crippen molar-refractivity contribution in [2.24, 2.45) is 0 Å². The van der Waals surface area contributed by atoms with Gasteiger partial charge < -0.3 is 4.74 Å². The van der Waals surface area contributed by atoms with E-state index in [2.05, 4.69) is 16.0 Å². The predicted molar refractivity (Wildman–Crippen MR) is 95.0 cm³/mol. The van der Waals surface area contributed by atoms with E-state index in [0.717, 1.165) is 21.8 Å². The van der Waals surface area contributed by atoms with E-state index in [1.54, 1.807) is 18.3 Å². The molecule has 6 heteroatoms. The van der Waals surface area contributed by atoms with Crippen LogP contribution in [0.4, 0.5) is 0 Å². The molecule has 122 valence electrons. The molecule has 0 aliphatic carbocycles. The molecule has 0 unspecified atom stereocenters. The topological polar surface area (TPSA) is 52.1 Å². The minimum Gasteiger partial charge on any atom is -0.460 e. The van der Waals surface area contributed by atoms with E-state index in [4.69, 9.17) is 16.3 Å². The van der Waals surface area contributed by atoms with Crippen molar-refractivity contribution in [2.45, 2.75) is 20.0 Å². The molecule has 24 heavy (non-hydrogen) atoms. The highest BCUT2D eigenvalue weighted by molar-refractivity contribution is 7.13. The monoisotopic (exact) mass is 358 g/mol. The number of carbonyl (C=O) groups is 1. The fourth-order valence-corrected chi connectivity index (χ4v) is 3.08. The van der Waals surface area contributed by atoms with Crippen LogP contribution in [-0.4, -0.2) is 15.9 Å². The van der Waals surface area contributed by atoms with Crippen molar-refractivity contribution in [2.75, 3.05) is 0 Å². The standard InChI is InChI=1S/C18H15ClN2O2S/c1-12-3-2-4-14(7-12)18-21-15(11-24-18)8-17(22)23-10-13-5-6-16(19)20-9-13/h2-7,9,11H,8,10H2,1H3. The van der Waals surface area contributed by atoms with Crippen LogP contribution >= 0.6 is 22.9 Å². The summed E-state index contributed by atoms with van der Waals surface area (Å²) in [6, 6.07) is 11.6. The van der Waals surface area contributed by atoms with Gasteiger partial charge >= 0.3 is 5.97 Å². The number of carbonyl (C=O) groups excluding carboxylic acids is 1. The van der Waals surface area contributed by atoms with E-state index in [1.807, 2.05) is 30.5 Å². The fourth-order valence-electron chi connectivity index (χ4n) is 2.15. The van der Waals surface area contributed by atoms with Crippen molar-refractivity contribution >= 4 is 28.9 Å². The molecule has 0 saturated heterocycles. The van der Waals surface area contributed by atoms with Gasteiger partial charge in [-0.1, -0.05) is 41.4 Å². The molecule has 0 amide bonds. The van der Waals surface area contributed by atoms with Crippen molar-refractivity contribution < 1.29 is 9.53 Å². The van der Waals surface area contributed by atoms with Gasteiger partial charge in [-0.2, -0.15) is 0 Å². The van der Waals surface area contributed by atoms with Crippen LogP contribution in [0.3, 0.4) is 0 Å². The number of halogens is 1. The molecule has 0 N–H and O–H groups in total. The molecule has 3 rings (SSSR count). The van der Waals surface area contributed by atoms with Crippen LogP contribution < -0.4 is 0 Å². The molecule has 1 aromatic carbocycles. The Hall–Kier alpha value is -2.24. The summed E-state index contributed by atoms with van der Waals surface area (Å²) in [6.45, 7) is 2.22. The first-order valence-electron chi connectivity index (χ1n) is 7.37. The Balaban J connectivity index is 1.58. The highest BCUT2D eigenvalue weighted by Crippen LogP contribution is 2.24. The van der Waals surface area contributed by atoms with Gasteiger partial charge in [-0.3, -0.25) is 4.79 Å². The van der Waals surface area contributed by atoms with Gasteiger partial charge in [0.1, 0.15) is 16.8 Å². The molecule has 0 fully saturated rings. The van der Waals surface area contributed by atoms with E-state index < -0.39 is 0 Å². The van der Waals surface area contributed by atoms with Crippen LogP contribution in [0, 0.1) is 6.92 Å². The lowest BCUT2D eigenvalue weighted by Gasteiger charge is -2.03. The number of benzene rings is 1. The molecule has 0 radical (unpaired) electrons. The molecular weight excluding hydrogens is 344 g/mol. The number of hydrogen-bond donors (Lipinski definition) is 0. The van der Waals surface area contributed by atoms with Crippen LogP contribution in [0.5, 0.6) is 0 Å². The van der Waals surface area contributed by atoms with Crippen molar-refractivity contribution in [3.8, 4) is 10.6 Å². The van der Waals surface area contributed by atoms with Gasteiger partial charge in [0, 0.05) is 22.7 Å². The third-order valence-electron chi connectivity index (χ3n) is 3.33. The molecular formula is C18H15ClN2O2S. The largest absolute Gasteiger partial charge is 0.460 e. The number of ether oxygens (including phenoxy) is 1. The summed E-state index contributed by atoms with van der Waals surface area (Å²) in [5.74, 6) is -0.314. The number of thiazole rings is 1. The zero-order chi connectivity index (χ0) is 16.9. The molecule has 0 atom stereocenters. The Bertz CT molecular complexity index is 846. The summed E-state index contributed by atoms with van der Waals surface area (Å²) in [5.41, 5.74) is 3.76. The van der Waals surface area contributed by atoms with Gasteiger partial charge in [-0.15, -0.1) is 11.3 Å². The first-order valence-corrected chi connectivity index (χ1v) is 8.63. The van der Waals surface area contributed by atoms with Crippen LogP contribution in [0.1, 0.15) is 16.8 Å². The summed E-state index contributed by atoms with van der Waals surface area (Å²) in [4.78, 5) is 20.4. The number of pyridine rings is 1. The van der Waals surface area contributed by atoms with Crippen LogP contribution in [0.15, 0.2) is 48.0 Å². The Morgan fingerprint density at radius 3 is 2.92 bits per heavy atom. The van der Waals surface area contributed by atoms with Gasteiger partial charge in [0.25, 0.3) is 0 Å². The minimum atomic E-state index is -0.314. The van der Waals surface area contributed by atoms with Crippen LogP contribution in [0.25, 0.3) is 10.6 Å². The lowest BCUT2D eigenvalue weighted by atomic mass is 10.1. The highest BCUT2D eigenvalue weighted by atomic mass is 35.5. The Kier molecular flexibility index (Phi) is 5.23. The third kappa shape index (κ3) is 4.40. The summed E-state index contributed by atoms with van der Waals surface area (Å²) < 4.78 is 5.25. The molecule has 0 aliphatic rings. The number of rotatable bonds is 5. The molecule has 3 aromatic rings. The second-order valence-corrected chi connectivity index (χ2v) is 6.59. The normalized spacial score (nSPS) is 10.6. The Morgan fingerprint density at radius 1 is 1.29 bits per heavy atom. The molecule has 2 aromatic heterocycles. The summed E-state index contributed by atoms with van der Waals surface area (Å²) >= 11 is 7.24. The molecule has 0 aliphatic heterocycles. The summed E-state index contributed by atoms with van der Waals surface area (Å²) in [7, 11) is 0. The van der Waals surface area contributed by atoms with Crippen molar-refractivity contribution in [3.05, 3.63) is 69.9 Å². The third-order valence-corrected chi connectivity index (χ3v) is 4.49. The van der Waals surface area contributed by atoms with Crippen LogP contribution in [0.2, 0.25) is 5.15 Å². The molecule has 0 spiro atoms. The number of esters is 1. The zero-order valence-corrected chi connectivity index (χ0v) is 14.6. The molecule has 0 saturated carbocycles. The first kappa shape index (κ1) is 16.6. The van der Waals surface area contributed by atoms with E-state index in [0.29, 0.717) is 5.15 Å². The maximum atomic E-state index is 11.9.